The first kappa shape index (κ1) is 14.8. The van der Waals surface area contributed by atoms with Gasteiger partial charge in [0.1, 0.15) is 5.02 Å². The Bertz CT molecular complexity index is 682. The zero-order chi connectivity index (χ0) is 14.7. The third kappa shape index (κ3) is 3.49. The van der Waals surface area contributed by atoms with Crippen LogP contribution in [0.25, 0.3) is 0 Å². The molecule has 1 heterocycles. The summed E-state index contributed by atoms with van der Waals surface area (Å²) in [4.78, 5) is 25.6. The van der Waals surface area contributed by atoms with Gasteiger partial charge in [-0.2, -0.15) is 0 Å². The average Bonchev–Trinajstić information content (AvgIpc) is 2.42. The summed E-state index contributed by atoms with van der Waals surface area (Å²) in [5.41, 5.74) is 0.889. The van der Waals surface area contributed by atoms with Crippen molar-refractivity contribution in [2.24, 2.45) is 0 Å². The van der Waals surface area contributed by atoms with Gasteiger partial charge in [-0.05, 0) is 30.7 Å². The lowest BCUT2D eigenvalue weighted by atomic mass is 10.1. The maximum Gasteiger partial charge on any atom is 0.266 e. The van der Waals surface area contributed by atoms with Crippen molar-refractivity contribution in [1.29, 1.82) is 0 Å². The largest absolute Gasteiger partial charge is 0.345 e. The van der Waals surface area contributed by atoms with Gasteiger partial charge in [0.25, 0.3) is 11.5 Å². The first-order chi connectivity index (χ1) is 9.47. The average molecular weight is 356 g/mol. The van der Waals surface area contributed by atoms with Crippen molar-refractivity contribution in [1.82, 2.24) is 10.3 Å². The van der Waals surface area contributed by atoms with Crippen LogP contribution in [0.15, 0.2) is 45.8 Å². The lowest BCUT2D eigenvalue weighted by molar-refractivity contribution is 0.0939. The Labute approximate surface area is 129 Å². The number of nitrogens with one attached hydrogen (secondary N) is 2. The fraction of sp³-hybridized carbons (Fsp3) is 0.143. The molecule has 0 aliphatic carbocycles. The van der Waals surface area contributed by atoms with E-state index in [1.54, 1.807) is 0 Å². The third-order valence-electron chi connectivity index (χ3n) is 2.84. The number of hydrogen-bond acceptors (Lipinski definition) is 2. The van der Waals surface area contributed by atoms with Gasteiger partial charge in [0, 0.05) is 10.7 Å². The van der Waals surface area contributed by atoms with Crippen LogP contribution in [0.3, 0.4) is 0 Å². The van der Waals surface area contributed by atoms with Gasteiger partial charge in [0.05, 0.1) is 11.6 Å². The zero-order valence-electron chi connectivity index (χ0n) is 10.6. The molecule has 0 radical (unpaired) electrons. The molecule has 2 N–H and O–H groups in total. The number of pyridine rings is 1. The summed E-state index contributed by atoms with van der Waals surface area (Å²) < 4.78 is 0.979. The molecule has 4 nitrogen and oxygen atoms in total. The number of rotatable bonds is 3. The number of carbonyl (C=O) groups is 1. The summed E-state index contributed by atoms with van der Waals surface area (Å²) in [5, 5.41) is 2.84. The summed E-state index contributed by atoms with van der Waals surface area (Å²) >= 11 is 9.06. The molecule has 0 saturated carbocycles. The number of carbonyl (C=O) groups excluding carboxylic acids is 1. The molecule has 1 atom stereocenters. The molecule has 0 aliphatic heterocycles. The minimum absolute atomic E-state index is 0.00561. The van der Waals surface area contributed by atoms with E-state index >= 15 is 0 Å². The Kier molecular flexibility index (Phi) is 4.62. The van der Waals surface area contributed by atoms with Gasteiger partial charge < -0.3 is 10.3 Å². The van der Waals surface area contributed by atoms with E-state index in [4.69, 9.17) is 11.6 Å². The molecule has 20 heavy (non-hydrogen) atoms. The number of aromatic nitrogens is 1. The predicted molar refractivity (Wildman–Crippen MR) is 82.1 cm³/mol. The standard InChI is InChI=1S/C14H12BrClN2O2/c1-8(9-2-4-11(15)5-3-9)18-13(19)10-6-12(16)14(20)17-7-10/h2-8H,1H3,(H,17,20)(H,18,19)/t8-/m0/s1. The van der Waals surface area contributed by atoms with Crippen LogP contribution in [-0.4, -0.2) is 10.9 Å². The maximum absolute atomic E-state index is 12.1. The molecule has 0 saturated heterocycles. The first-order valence-electron chi connectivity index (χ1n) is 5.92. The van der Waals surface area contributed by atoms with Crippen LogP contribution in [0, 0.1) is 0 Å². The van der Waals surface area contributed by atoms with Gasteiger partial charge in [0.15, 0.2) is 0 Å². The van der Waals surface area contributed by atoms with Gasteiger partial charge in [-0.25, -0.2) is 0 Å². The van der Waals surface area contributed by atoms with Gasteiger partial charge in [0.2, 0.25) is 0 Å². The van der Waals surface area contributed by atoms with Crippen LogP contribution >= 0.6 is 27.5 Å². The van der Waals surface area contributed by atoms with E-state index in [-0.39, 0.29) is 17.0 Å². The van der Waals surface area contributed by atoms with E-state index in [1.807, 2.05) is 31.2 Å². The molecule has 1 aromatic heterocycles. The Morgan fingerprint density at radius 1 is 1.35 bits per heavy atom. The van der Waals surface area contributed by atoms with Crippen molar-refractivity contribution in [2.45, 2.75) is 13.0 Å². The highest BCUT2D eigenvalue weighted by Crippen LogP contribution is 2.17. The van der Waals surface area contributed by atoms with Crippen LogP contribution < -0.4 is 10.9 Å². The normalized spacial score (nSPS) is 11.9. The van der Waals surface area contributed by atoms with Crippen molar-refractivity contribution in [3.63, 3.8) is 0 Å². The van der Waals surface area contributed by atoms with Crippen LogP contribution in [0.2, 0.25) is 5.02 Å². The lowest BCUT2D eigenvalue weighted by Gasteiger charge is -2.14. The number of benzene rings is 1. The summed E-state index contributed by atoms with van der Waals surface area (Å²) in [5.74, 6) is -0.293. The Morgan fingerprint density at radius 2 is 2.00 bits per heavy atom. The van der Waals surface area contributed by atoms with Gasteiger partial charge in [-0.3, -0.25) is 9.59 Å². The number of amides is 1. The minimum Gasteiger partial charge on any atom is -0.345 e. The SMILES string of the molecule is C[C@H](NC(=O)c1c[nH]c(=O)c(Cl)c1)c1ccc(Br)cc1. The second-order valence-corrected chi connectivity index (χ2v) is 5.63. The topological polar surface area (TPSA) is 62.0 Å². The lowest BCUT2D eigenvalue weighted by Crippen LogP contribution is -2.27. The van der Waals surface area contributed by atoms with Crippen molar-refractivity contribution in [3.05, 3.63) is 67.5 Å². The number of aromatic amines is 1. The molecular formula is C14H12BrClN2O2. The molecule has 0 unspecified atom stereocenters. The Balaban J connectivity index is 2.12. The van der Waals surface area contributed by atoms with E-state index < -0.39 is 5.56 Å². The molecule has 6 heteroatoms. The second kappa shape index (κ2) is 6.24. The second-order valence-electron chi connectivity index (χ2n) is 4.31. The van der Waals surface area contributed by atoms with Crippen molar-refractivity contribution < 1.29 is 4.79 Å². The van der Waals surface area contributed by atoms with Crippen molar-refractivity contribution in [3.8, 4) is 0 Å². The van der Waals surface area contributed by atoms with Crippen molar-refractivity contribution in [2.75, 3.05) is 0 Å². The minimum atomic E-state index is -0.413. The number of hydrogen-bond donors (Lipinski definition) is 2. The highest BCUT2D eigenvalue weighted by molar-refractivity contribution is 9.10. The van der Waals surface area contributed by atoms with Gasteiger partial charge in [-0.15, -0.1) is 0 Å². The smallest absolute Gasteiger partial charge is 0.266 e. The summed E-state index contributed by atoms with van der Waals surface area (Å²) in [6, 6.07) is 8.87. The molecule has 104 valence electrons. The van der Waals surface area contributed by atoms with Crippen LogP contribution in [0.4, 0.5) is 0 Å². The quantitative estimate of drug-likeness (QED) is 0.887. The van der Waals surface area contributed by atoms with Crippen LogP contribution in [0.5, 0.6) is 0 Å². The fourth-order valence-corrected chi connectivity index (χ4v) is 2.14. The molecule has 0 aliphatic rings. The molecule has 1 amide bonds. The van der Waals surface area contributed by atoms with Crippen LogP contribution in [-0.2, 0) is 0 Å². The fourth-order valence-electron chi connectivity index (χ4n) is 1.70. The number of halogens is 2. The summed E-state index contributed by atoms with van der Waals surface area (Å²) in [7, 11) is 0. The first-order valence-corrected chi connectivity index (χ1v) is 7.09. The molecule has 1 aromatic carbocycles. The van der Waals surface area contributed by atoms with E-state index in [0.717, 1.165) is 10.0 Å². The van der Waals surface area contributed by atoms with E-state index in [9.17, 15) is 9.59 Å². The number of H-pyrrole nitrogens is 1. The Hall–Kier alpha value is -1.59. The molecule has 0 bridgehead atoms. The monoisotopic (exact) mass is 354 g/mol. The summed E-state index contributed by atoms with van der Waals surface area (Å²) in [6.45, 7) is 1.88. The highest BCUT2D eigenvalue weighted by Gasteiger charge is 2.12. The summed E-state index contributed by atoms with van der Waals surface area (Å²) in [6.07, 6.45) is 1.35. The maximum atomic E-state index is 12.1. The molecule has 2 aromatic rings. The zero-order valence-corrected chi connectivity index (χ0v) is 13.0. The van der Waals surface area contributed by atoms with E-state index in [0.29, 0.717) is 5.56 Å². The van der Waals surface area contributed by atoms with E-state index in [1.165, 1.54) is 12.3 Å². The van der Waals surface area contributed by atoms with Crippen LogP contribution in [0.1, 0.15) is 28.9 Å². The van der Waals surface area contributed by atoms with Gasteiger partial charge in [-0.1, -0.05) is 39.7 Å². The van der Waals surface area contributed by atoms with E-state index in [2.05, 4.69) is 26.2 Å². The molecule has 0 spiro atoms. The molecular weight excluding hydrogens is 344 g/mol. The molecule has 2 rings (SSSR count). The third-order valence-corrected chi connectivity index (χ3v) is 3.65. The predicted octanol–water partition coefficient (Wildman–Crippen LogP) is 3.28. The Morgan fingerprint density at radius 3 is 2.60 bits per heavy atom. The molecule has 0 fully saturated rings. The van der Waals surface area contributed by atoms with Gasteiger partial charge >= 0.3 is 0 Å². The van der Waals surface area contributed by atoms with Crippen molar-refractivity contribution >= 4 is 33.4 Å². The highest BCUT2D eigenvalue weighted by atomic mass is 79.9.